The molecule has 0 radical (unpaired) electrons. The van der Waals surface area contributed by atoms with Crippen molar-refractivity contribution in [1.29, 1.82) is 0 Å². The first-order valence-corrected chi connectivity index (χ1v) is 5.92. The number of benzene rings is 1. The van der Waals surface area contributed by atoms with Gasteiger partial charge >= 0.3 is 0 Å². The molecule has 14 heavy (non-hydrogen) atoms. The highest BCUT2D eigenvalue weighted by molar-refractivity contribution is 9.10. The third-order valence-corrected chi connectivity index (χ3v) is 3.58. The zero-order chi connectivity index (χ0) is 10.2. The highest BCUT2D eigenvalue weighted by Gasteiger charge is 2.37. The summed E-state index contributed by atoms with van der Waals surface area (Å²) >= 11 is 3.47. The normalized spacial score (nSPS) is 18.2. The highest BCUT2D eigenvalue weighted by atomic mass is 79.9. The lowest BCUT2D eigenvalue weighted by Gasteiger charge is -2.10. The molecule has 2 heteroatoms. The number of hydrogen-bond donors (Lipinski definition) is 1. The average molecular weight is 254 g/mol. The van der Waals surface area contributed by atoms with Crippen molar-refractivity contribution in [3.05, 3.63) is 33.8 Å². The van der Waals surface area contributed by atoms with Crippen molar-refractivity contribution in [2.45, 2.75) is 38.1 Å². The summed E-state index contributed by atoms with van der Waals surface area (Å²) in [6.07, 6.45) is 4.68. The maximum Gasteiger partial charge on any atom is 0.0178 e. The fourth-order valence-corrected chi connectivity index (χ4v) is 2.21. The molecular weight excluding hydrogens is 238 g/mol. The van der Waals surface area contributed by atoms with Gasteiger partial charge in [-0.25, -0.2) is 0 Å². The molecular formula is C12H16BrN. The molecule has 0 aromatic heterocycles. The molecule has 0 aliphatic heterocycles. The number of rotatable bonds is 3. The second kappa shape index (κ2) is 3.67. The Morgan fingerprint density at radius 2 is 2.14 bits per heavy atom. The minimum Gasteiger partial charge on any atom is -0.325 e. The van der Waals surface area contributed by atoms with Crippen LogP contribution >= 0.6 is 15.9 Å². The first-order chi connectivity index (χ1) is 6.59. The van der Waals surface area contributed by atoms with Crippen LogP contribution in [0.3, 0.4) is 0 Å². The van der Waals surface area contributed by atoms with E-state index in [1.807, 2.05) is 0 Å². The molecule has 1 aromatic rings. The van der Waals surface area contributed by atoms with Crippen molar-refractivity contribution in [2.24, 2.45) is 5.73 Å². The second-order valence-electron chi connectivity index (χ2n) is 4.43. The van der Waals surface area contributed by atoms with Gasteiger partial charge in [0.1, 0.15) is 0 Å². The van der Waals surface area contributed by atoms with Crippen molar-refractivity contribution >= 4 is 15.9 Å². The van der Waals surface area contributed by atoms with Crippen LogP contribution in [0.2, 0.25) is 0 Å². The third-order valence-electron chi connectivity index (χ3n) is 3.09. The van der Waals surface area contributed by atoms with Crippen molar-refractivity contribution in [1.82, 2.24) is 0 Å². The van der Waals surface area contributed by atoms with Crippen LogP contribution in [0.25, 0.3) is 0 Å². The van der Waals surface area contributed by atoms with Crippen LogP contribution in [0.15, 0.2) is 22.7 Å². The molecule has 0 spiro atoms. The van der Waals surface area contributed by atoms with Crippen molar-refractivity contribution < 1.29 is 0 Å². The van der Waals surface area contributed by atoms with Gasteiger partial charge in [0.05, 0.1) is 0 Å². The first-order valence-electron chi connectivity index (χ1n) is 5.13. The van der Waals surface area contributed by atoms with E-state index < -0.39 is 0 Å². The Balaban J connectivity index is 2.02. The first kappa shape index (κ1) is 10.2. The number of aryl methyl sites for hydroxylation is 2. The van der Waals surface area contributed by atoms with E-state index in [1.165, 1.54) is 24.0 Å². The van der Waals surface area contributed by atoms with Gasteiger partial charge in [0.15, 0.2) is 0 Å². The summed E-state index contributed by atoms with van der Waals surface area (Å²) in [5, 5.41) is 0. The molecule has 0 heterocycles. The molecule has 0 saturated heterocycles. The molecule has 1 aliphatic carbocycles. The van der Waals surface area contributed by atoms with E-state index in [9.17, 15) is 0 Å². The monoisotopic (exact) mass is 253 g/mol. The fourth-order valence-electron chi connectivity index (χ4n) is 1.73. The van der Waals surface area contributed by atoms with Crippen LogP contribution in [-0.4, -0.2) is 5.54 Å². The smallest absolute Gasteiger partial charge is 0.0178 e. The largest absolute Gasteiger partial charge is 0.325 e. The summed E-state index contributed by atoms with van der Waals surface area (Å²) in [6.45, 7) is 2.16. The summed E-state index contributed by atoms with van der Waals surface area (Å²) in [4.78, 5) is 0. The predicted octanol–water partition coefficient (Wildman–Crippen LogP) is 3.18. The predicted molar refractivity (Wildman–Crippen MR) is 63.4 cm³/mol. The van der Waals surface area contributed by atoms with Crippen molar-refractivity contribution in [3.8, 4) is 0 Å². The highest BCUT2D eigenvalue weighted by Crippen LogP contribution is 2.36. The fraction of sp³-hybridized carbons (Fsp3) is 0.500. The van der Waals surface area contributed by atoms with Crippen LogP contribution in [0, 0.1) is 6.92 Å². The number of hydrogen-bond acceptors (Lipinski definition) is 1. The summed E-state index contributed by atoms with van der Waals surface area (Å²) in [5.41, 5.74) is 9.04. The van der Waals surface area contributed by atoms with E-state index in [0.29, 0.717) is 0 Å². The lowest BCUT2D eigenvalue weighted by molar-refractivity contribution is 0.608. The molecule has 0 atom stereocenters. The van der Waals surface area contributed by atoms with Gasteiger partial charge < -0.3 is 5.73 Å². The van der Waals surface area contributed by atoms with Gasteiger partial charge in [-0.3, -0.25) is 0 Å². The molecule has 1 aromatic carbocycles. The lowest BCUT2D eigenvalue weighted by Crippen LogP contribution is -2.22. The third kappa shape index (κ3) is 2.37. The Hall–Kier alpha value is -0.340. The maximum absolute atomic E-state index is 6.07. The quantitative estimate of drug-likeness (QED) is 0.880. The Morgan fingerprint density at radius 3 is 2.71 bits per heavy atom. The van der Waals surface area contributed by atoms with Gasteiger partial charge in [-0.05, 0) is 55.9 Å². The topological polar surface area (TPSA) is 26.0 Å². The van der Waals surface area contributed by atoms with Gasteiger partial charge in [-0.1, -0.05) is 22.0 Å². The molecule has 0 unspecified atom stereocenters. The Morgan fingerprint density at radius 1 is 1.43 bits per heavy atom. The van der Waals surface area contributed by atoms with Crippen LogP contribution in [0.1, 0.15) is 30.4 Å². The minimum atomic E-state index is 0.180. The molecule has 0 amide bonds. The SMILES string of the molecule is Cc1cc(Br)ccc1CCC1(N)CC1. The van der Waals surface area contributed by atoms with E-state index in [4.69, 9.17) is 5.73 Å². The number of nitrogens with two attached hydrogens (primary N) is 1. The average Bonchev–Trinajstić information content (AvgIpc) is 2.83. The molecule has 1 nitrogen and oxygen atoms in total. The summed E-state index contributed by atoms with van der Waals surface area (Å²) < 4.78 is 1.16. The van der Waals surface area contributed by atoms with E-state index in [-0.39, 0.29) is 5.54 Å². The lowest BCUT2D eigenvalue weighted by atomic mass is 10.0. The molecule has 1 aliphatic rings. The molecule has 2 rings (SSSR count). The van der Waals surface area contributed by atoms with Crippen LogP contribution in [0.5, 0.6) is 0 Å². The minimum absolute atomic E-state index is 0.180. The molecule has 1 fully saturated rings. The zero-order valence-corrected chi connectivity index (χ0v) is 10.1. The maximum atomic E-state index is 6.07. The molecule has 2 N–H and O–H groups in total. The summed E-state index contributed by atoms with van der Waals surface area (Å²) in [5.74, 6) is 0. The van der Waals surface area contributed by atoms with Gasteiger partial charge in [-0.2, -0.15) is 0 Å². The van der Waals surface area contributed by atoms with Gasteiger partial charge in [0, 0.05) is 10.0 Å². The Kier molecular flexibility index (Phi) is 2.67. The van der Waals surface area contributed by atoms with Crippen LogP contribution in [0.4, 0.5) is 0 Å². The van der Waals surface area contributed by atoms with Crippen molar-refractivity contribution in [3.63, 3.8) is 0 Å². The van der Waals surface area contributed by atoms with E-state index >= 15 is 0 Å². The second-order valence-corrected chi connectivity index (χ2v) is 5.35. The Bertz CT molecular complexity index is 342. The molecule has 76 valence electrons. The number of halogens is 1. The van der Waals surface area contributed by atoms with Gasteiger partial charge in [0.2, 0.25) is 0 Å². The van der Waals surface area contributed by atoms with Crippen LogP contribution in [-0.2, 0) is 6.42 Å². The zero-order valence-electron chi connectivity index (χ0n) is 8.52. The van der Waals surface area contributed by atoms with Gasteiger partial charge in [0.25, 0.3) is 0 Å². The molecule has 0 bridgehead atoms. The van der Waals surface area contributed by atoms with E-state index in [2.05, 4.69) is 41.1 Å². The van der Waals surface area contributed by atoms with Crippen molar-refractivity contribution in [2.75, 3.05) is 0 Å². The van der Waals surface area contributed by atoms with E-state index in [0.717, 1.165) is 17.3 Å². The molecule has 1 saturated carbocycles. The van der Waals surface area contributed by atoms with Gasteiger partial charge in [-0.15, -0.1) is 0 Å². The van der Waals surface area contributed by atoms with E-state index in [1.54, 1.807) is 0 Å². The Labute approximate surface area is 93.8 Å². The standard InChI is InChI=1S/C12H16BrN/c1-9-8-11(13)3-2-10(9)4-5-12(14)6-7-12/h2-3,8H,4-7,14H2,1H3. The van der Waals surface area contributed by atoms with Crippen LogP contribution < -0.4 is 5.73 Å². The summed E-state index contributed by atoms with van der Waals surface area (Å²) in [7, 11) is 0. The summed E-state index contributed by atoms with van der Waals surface area (Å²) in [6, 6.07) is 6.48.